The van der Waals surface area contributed by atoms with Crippen LogP contribution in [0.25, 0.3) is 0 Å². The molecule has 0 atom stereocenters. The van der Waals surface area contributed by atoms with E-state index in [2.05, 4.69) is 15.5 Å². The predicted molar refractivity (Wildman–Crippen MR) is 102 cm³/mol. The summed E-state index contributed by atoms with van der Waals surface area (Å²) in [7, 11) is 0. The molecule has 0 radical (unpaired) electrons. The number of nitrogen functional groups attached to an aromatic ring is 1. The summed E-state index contributed by atoms with van der Waals surface area (Å²) in [6.45, 7) is 5.99. The third-order valence-corrected chi connectivity index (χ3v) is 4.23. The van der Waals surface area contributed by atoms with Gasteiger partial charge in [-0.05, 0) is 32.9 Å². The Morgan fingerprint density at radius 2 is 1.93 bits per heavy atom. The lowest BCUT2D eigenvalue weighted by Crippen LogP contribution is -2.40. The van der Waals surface area contributed by atoms with Gasteiger partial charge in [-0.3, -0.25) is 20.0 Å². The predicted octanol–water partition coefficient (Wildman–Crippen LogP) is 1.86. The van der Waals surface area contributed by atoms with Gasteiger partial charge in [0.25, 0.3) is 11.8 Å². The van der Waals surface area contributed by atoms with Gasteiger partial charge in [0.15, 0.2) is 5.69 Å². The molecule has 1 aromatic carbocycles. The van der Waals surface area contributed by atoms with Crippen molar-refractivity contribution >= 4 is 23.6 Å². The lowest BCUT2D eigenvalue weighted by atomic mass is 10.1. The van der Waals surface area contributed by atoms with E-state index in [0.29, 0.717) is 18.5 Å². The Balaban J connectivity index is 1.74. The van der Waals surface area contributed by atoms with E-state index in [-0.39, 0.29) is 23.5 Å². The topological polar surface area (TPSA) is 130 Å². The fraction of sp³-hybridized carbons (Fsp3) is 0.368. The standard InChI is InChI=1S/C19H23N5O4/c1-19(2,3)28-18(27)24-9-8-14-12(10-24)15(23-22-14)17(26)21-16(25)11-6-4-5-7-13(11)20/h4-7H,8-10,20H2,1-3H3,(H,22,23)(H,21,25,26). The first-order valence-electron chi connectivity index (χ1n) is 8.90. The van der Waals surface area contributed by atoms with Gasteiger partial charge in [0.05, 0.1) is 12.1 Å². The summed E-state index contributed by atoms with van der Waals surface area (Å²) in [4.78, 5) is 38.8. The Morgan fingerprint density at radius 3 is 2.61 bits per heavy atom. The number of hydrogen-bond acceptors (Lipinski definition) is 6. The van der Waals surface area contributed by atoms with E-state index in [1.165, 1.54) is 11.0 Å². The number of nitrogens with one attached hydrogen (secondary N) is 2. The maximum atomic E-state index is 12.6. The van der Waals surface area contributed by atoms with Gasteiger partial charge in [0.1, 0.15) is 5.60 Å². The second-order valence-electron chi connectivity index (χ2n) is 7.55. The minimum Gasteiger partial charge on any atom is -0.444 e. The summed E-state index contributed by atoms with van der Waals surface area (Å²) in [5.41, 5.74) is 7.05. The van der Waals surface area contributed by atoms with Crippen LogP contribution >= 0.6 is 0 Å². The highest BCUT2D eigenvalue weighted by Crippen LogP contribution is 2.22. The van der Waals surface area contributed by atoms with Crippen LogP contribution in [0.4, 0.5) is 10.5 Å². The molecule has 28 heavy (non-hydrogen) atoms. The first-order chi connectivity index (χ1) is 13.2. The fourth-order valence-corrected chi connectivity index (χ4v) is 2.90. The van der Waals surface area contributed by atoms with Gasteiger partial charge in [-0.2, -0.15) is 5.10 Å². The number of aromatic amines is 1. The molecule has 0 bridgehead atoms. The molecule has 0 unspecified atom stereocenters. The van der Waals surface area contributed by atoms with Gasteiger partial charge in [0.2, 0.25) is 0 Å². The number of hydrogen-bond donors (Lipinski definition) is 3. The number of nitrogens with zero attached hydrogens (tertiary/aromatic N) is 2. The van der Waals surface area contributed by atoms with Crippen molar-refractivity contribution in [3.8, 4) is 0 Å². The number of nitrogens with two attached hydrogens (primary N) is 1. The quantitative estimate of drug-likeness (QED) is 0.534. The van der Waals surface area contributed by atoms with E-state index >= 15 is 0 Å². The number of carbonyl (C=O) groups excluding carboxylic acids is 3. The number of anilines is 1. The average molecular weight is 385 g/mol. The second-order valence-corrected chi connectivity index (χ2v) is 7.55. The zero-order chi connectivity index (χ0) is 20.5. The highest BCUT2D eigenvalue weighted by atomic mass is 16.6. The van der Waals surface area contributed by atoms with Crippen molar-refractivity contribution in [2.75, 3.05) is 12.3 Å². The molecule has 1 aliphatic heterocycles. The zero-order valence-electron chi connectivity index (χ0n) is 16.0. The van der Waals surface area contributed by atoms with E-state index < -0.39 is 23.5 Å². The SMILES string of the molecule is CC(C)(C)OC(=O)N1CCc2[nH]nc(C(=O)NC(=O)c3ccccc3N)c2C1. The number of rotatable bonds is 2. The molecule has 1 aliphatic rings. The number of imide groups is 1. The molecule has 2 heterocycles. The molecule has 9 nitrogen and oxygen atoms in total. The summed E-state index contributed by atoms with van der Waals surface area (Å²) in [6, 6.07) is 6.46. The van der Waals surface area contributed by atoms with Crippen LogP contribution in [-0.4, -0.2) is 45.2 Å². The fourth-order valence-electron chi connectivity index (χ4n) is 2.90. The molecule has 3 rings (SSSR count). The van der Waals surface area contributed by atoms with Crippen molar-refractivity contribution in [2.45, 2.75) is 39.3 Å². The van der Waals surface area contributed by atoms with E-state index in [1.54, 1.807) is 39.0 Å². The van der Waals surface area contributed by atoms with Crippen molar-refractivity contribution in [3.63, 3.8) is 0 Å². The van der Waals surface area contributed by atoms with Gasteiger partial charge in [0, 0.05) is 29.9 Å². The van der Waals surface area contributed by atoms with E-state index in [4.69, 9.17) is 10.5 Å². The number of aromatic nitrogens is 2. The number of carbonyl (C=O) groups is 3. The average Bonchev–Trinajstić information content (AvgIpc) is 3.03. The van der Waals surface area contributed by atoms with Crippen LogP contribution in [0.5, 0.6) is 0 Å². The van der Waals surface area contributed by atoms with E-state index in [0.717, 1.165) is 5.69 Å². The summed E-state index contributed by atoms with van der Waals surface area (Å²) in [5, 5.41) is 9.15. The van der Waals surface area contributed by atoms with Gasteiger partial charge in [-0.25, -0.2) is 4.79 Å². The first-order valence-corrected chi connectivity index (χ1v) is 8.90. The molecule has 148 valence electrons. The maximum absolute atomic E-state index is 12.6. The second kappa shape index (κ2) is 7.34. The number of benzene rings is 1. The summed E-state index contributed by atoms with van der Waals surface area (Å²) >= 11 is 0. The molecule has 4 N–H and O–H groups in total. The third kappa shape index (κ3) is 4.13. The Morgan fingerprint density at radius 1 is 1.21 bits per heavy atom. The van der Waals surface area contributed by atoms with Crippen molar-refractivity contribution in [1.82, 2.24) is 20.4 Å². The Labute approximate surface area is 162 Å². The van der Waals surface area contributed by atoms with Gasteiger partial charge in [-0.1, -0.05) is 12.1 Å². The van der Waals surface area contributed by atoms with Gasteiger partial charge < -0.3 is 15.4 Å². The van der Waals surface area contributed by atoms with Crippen molar-refractivity contribution in [2.24, 2.45) is 0 Å². The number of H-pyrrole nitrogens is 1. The first kappa shape index (κ1) is 19.4. The molecule has 0 saturated carbocycles. The molecular formula is C19H23N5O4. The number of ether oxygens (including phenoxy) is 1. The number of amides is 3. The molecule has 3 amide bonds. The monoisotopic (exact) mass is 385 g/mol. The number of para-hydroxylation sites is 1. The third-order valence-electron chi connectivity index (χ3n) is 4.23. The van der Waals surface area contributed by atoms with Crippen LogP contribution < -0.4 is 11.1 Å². The molecule has 1 aromatic heterocycles. The Bertz CT molecular complexity index is 929. The van der Waals surface area contributed by atoms with Crippen LogP contribution in [0.3, 0.4) is 0 Å². The van der Waals surface area contributed by atoms with Crippen LogP contribution in [0, 0.1) is 0 Å². The molecule has 0 saturated heterocycles. The van der Waals surface area contributed by atoms with Crippen LogP contribution in [0.1, 0.15) is 52.9 Å². The summed E-state index contributed by atoms with van der Waals surface area (Å²) < 4.78 is 5.39. The van der Waals surface area contributed by atoms with E-state index in [1.807, 2.05) is 0 Å². The van der Waals surface area contributed by atoms with E-state index in [9.17, 15) is 14.4 Å². The molecule has 0 spiro atoms. The largest absolute Gasteiger partial charge is 0.444 e. The lowest BCUT2D eigenvalue weighted by molar-refractivity contribution is 0.0222. The zero-order valence-corrected chi connectivity index (χ0v) is 16.0. The molecule has 0 aliphatic carbocycles. The molecule has 0 fully saturated rings. The van der Waals surface area contributed by atoms with Crippen LogP contribution in [0.15, 0.2) is 24.3 Å². The molecule has 2 aromatic rings. The lowest BCUT2D eigenvalue weighted by Gasteiger charge is -2.30. The maximum Gasteiger partial charge on any atom is 0.410 e. The summed E-state index contributed by atoms with van der Waals surface area (Å²) in [5.74, 6) is -1.27. The van der Waals surface area contributed by atoms with Gasteiger partial charge >= 0.3 is 6.09 Å². The summed E-state index contributed by atoms with van der Waals surface area (Å²) in [6.07, 6.45) is 0.0490. The van der Waals surface area contributed by atoms with Crippen molar-refractivity contribution in [1.29, 1.82) is 0 Å². The van der Waals surface area contributed by atoms with Crippen molar-refractivity contribution < 1.29 is 19.1 Å². The molecule has 9 heteroatoms. The normalized spacial score (nSPS) is 13.6. The van der Waals surface area contributed by atoms with Gasteiger partial charge in [-0.15, -0.1) is 0 Å². The highest BCUT2D eigenvalue weighted by molar-refractivity contribution is 6.12. The Kier molecular flexibility index (Phi) is 5.08. The highest BCUT2D eigenvalue weighted by Gasteiger charge is 2.31. The van der Waals surface area contributed by atoms with Crippen molar-refractivity contribution in [3.05, 3.63) is 46.8 Å². The van der Waals surface area contributed by atoms with Crippen LogP contribution in [-0.2, 0) is 17.7 Å². The van der Waals surface area contributed by atoms with Crippen LogP contribution in [0.2, 0.25) is 0 Å². The Hall–Kier alpha value is -3.36. The number of fused-ring (bicyclic) bond motifs is 1. The minimum atomic E-state index is -0.656. The smallest absolute Gasteiger partial charge is 0.410 e. The molecular weight excluding hydrogens is 362 g/mol. The minimum absolute atomic E-state index is 0.0751.